The molecule has 2 N–H and O–H groups in total. The van der Waals surface area contributed by atoms with E-state index in [-0.39, 0.29) is 18.5 Å². The summed E-state index contributed by atoms with van der Waals surface area (Å²) in [5, 5.41) is 11.9. The highest BCUT2D eigenvalue weighted by Gasteiger charge is 2.37. The van der Waals surface area contributed by atoms with E-state index in [9.17, 15) is 24.3 Å². The molecule has 1 heterocycles. The SMILES string of the molecule is CCN1CCN(C(=O)NC(C(=O)O)c2cccc(C(C)(C)C)c2)C(=O)C1=O. The Labute approximate surface area is 158 Å². The molecule has 4 amide bonds. The number of piperazine rings is 1. The Kier molecular flexibility index (Phi) is 5.88. The van der Waals surface area contributed by atoms with E-state index in [1.165, 1.54) is 4.90 Å². The highest BCUT2D eigenvalue weighted by Crippen LogP contribution is 2.25. The number of nitrogens with one attached hydrogen (secondary N) is 1. The number of hydrogen-bond acceptors (Lipinski definition) is 4. The number of likely N-dealkylation sites (N-methyl/N-ethyl adjacent to an activating group) is 1. The van der Waals surface area contributed by atoms with Crippen molar-refractivity contribution in [2.75, 3.05) is 19.6 Å². The van der Waals surface area contributed by atoms with Gasteiger partial charge in [0.05, 0.1) is 0 Å². The lowest BCUT2D eigenvalue weighted by atomic mass is 9.85. The van der Waals surface area contributed by atoms with Gasteiger partial charge in [-0.2, -0.15) is 0 Å². The number of benzene rings is 1. The molecular formula is C19H25N3O5. The molecular weight excluding hydrogens is 350 g/mol. The Bertz CT molecular complexity index is 769. The topological polar surface area (TPSA) is 107 Å². The number of carboxylic acid groups (broad SMARTS) is 1. The third-order valence-electron chi connectivity index (χ3n) is 4.54. The molecule has 8 heteroatoms. The van der Waals surface area contributed by atoms with Gasteiger partial charge in [0, 0.05) is 19.6 Å². The Hall–Kier alpha value is -2.90. The standard InChI is InChI=1S/C19H25N3O5/c1-5-21-9-10-22(16(24)15(21)23)18(27)20-14(17(25)26)12-7-6-8-13(11-12)19(2,3)4/h6-8,11,14H,5,9-10H2,1-4H3,(H,20,27)(H,25,26). The maximum absolute atomic E-state index is 12.5. The maximum Gasteiger partial charge on any atom is 0.330 e. The van der Waals surface area contributed by atoms with E-state index < -0.39 is 29.9 Å². The fourth-order valence-corrected chi connectivity index (χ4v) is 2.84. The van der Waals surface area contributed by atoms with Crippen LogP contribution in [0.3, 0.4) is 0 Å². The summed E-state index contributed by atoms with van der Waals surface area (Å²) < 4.78 is 0. The number of carbonyl (C=O) groups is 4. The molecule has 0 saturated carbocycles. The molecule has 0 spiro atoms. The van der Waals surface area contributed by atoms with Gasteiger partial charge < -0.3 is 15.3 Å². The van der Waals surface area contributed by atoms with Crippen molar-refractivity contribution in [3.63, 3.8) is 0 Å². The first-order valence-corrected chi connectivity index (χ1v) is 8.80. The van der Waals surface area contributed by atoms with E-state index in [0.29, 0.717) is 12.1 Å². The van der Waals surface area contributed by atoms with Crippen LogP contribution >= 0.6 is 0 Å². The van der Waals surface area contributed by atoms with Crippen molar-refractivity contribution >= 4 is 23.8 Å². The molecule has 1 unspecified atom stereocenters. The van der Waals surface area contributed by atoms with Crippen LogP contribution in [0.4, 0.5) is 4.79 Å². The fraction of sp³-hybridized carbons (Fsp3) is 0.474. The molecule has 146 valence electrons. The minimum absolute atomic E-state index is 0.0264. The summed E-state index contributed by atoms with van der Waals surface area (Å²) in [7, 11) is 0. The lowest BCUT2D eigenvalue weighted by Gasteiger charge is -2.32. The molecule has 0 radical (unpaired) electrons. The number of amides is 4. The smallest absolute Gasteiger partial charge is 0.330 e. The molecule has 1 saturated heterocycles. The van der Waals surface area contributed by atoms with Gasteiger partial charge in [0.1, 0.15) is 0 Å². The summed E-state index contributed by atoms with van der Waals surface area (Å²) in [6, 6.07) is 4.73. The van der Waals surface area contributed by atoms with Crippen molar-refractivity contribution in [1.29, 1.82) is 0 Å². The quantitative estimate of drug-likeness (QED) is 0.776. The van der Waals surface area contributed by atoms with Crippen LogP contribution in [0.5, 0.6) is 0 Å². The maximum atomic E-state index is 12.5. The molecule has 1 aliphatic rings. The Morgan fingerprint density at radius 3 is 2.41 bits per heavy atom. The van der Waals surface area contributed by atoms with Gasteiger partial charge in [0.2, 0.25) is 0 Å². The van der Waals surface area contributed by atoms with Crippen molar-refractivity contribution in [3.05, 3.63) is 35.4 Å². The van der Waals surface area contributed by atoms with Crippen LogP contribution in [0, 0.1) is 0 Å². The van der Waals surface area contributed by atoms with E-state index in [4.69, 9.17) is 0 Å². The van der Waals surface area contributed by atoms with Crippen molar-refractivity contribution in [3.8, 4) is 0 Å². The van der Waals surface area contributed by atoms with Gasteiger partial charge in [-0.3, -0.25) is 14.5 Å². The molecule has 0 aliphatic carbocycles. The molecule has 0 bridgehead atoms. The molecule has 1 aromatic rings. The summed E-state index contributed by atoms with van der Waals surface area (Å²) >= 11 is 0. The summed E-state index contributed by atoms with van der Waals surface area (Å²) in [6.45, 7) is 8.36. The zero-order chi connectivity index (χ0) is 20.4. The number of carboxylic acids is 1. The first-order chi connectivity index (χ1) is 12.6. The number of rotatable bonds is 4. The zero-order valence-electron chi connectivity index (χ0n) is 16.0. The monoisotopic (exact) mass is 375 g/mol. The molecule has 27 heavy (non-hydrogen) atoms. The fourth-order valence-electron chi connectivity index (χ4n) is 2.84. The minimum atomic E-state index is -1.33. The molecule has 8 nitrogen and oxygen atoms in total. The largest absolute Gasteiger partial charge is 0.479 e. The van der Waals surface area contributed by atoms with Gasteiger partial charge in [0.15, 0.2) is 6.04 Å². The molecule has 1 atom stereocenters. The third kappa shape index (κ3) is 4.45. The number of imide groups is 1. The van der Waals surface area contributed by atoms with Crippen LogP contribution in [-0.4, -0.2) is 58.4 Å². The summed E-state index contributed by atoms with van der Waals surface area (Å²) in [6.07, 6.45) is 0. The van der Waals surface area contributed by atoms with Crippen molar-refractivity contribution in [2.45, 2.75) is 39.2 Å². The zero-order valence-corrected chi connectivity index (χ0v) is 16.0. The van der Waals surface area contributed by atoms with Crippen molar-refractivity contribution in [1.82, 2.24) is 15.1 Å². The van der Waals surface area contributed by atoms with Crippen LogP contribution in [0.15, 0.2) is 24.3 Å². The second kappa shape index (κ2) is 7.77. The Morgan fingerprint density at radius 2 is 1.85 bits per heavy atom. The number of aliphatic carboxylic acids is 1. The number of urea groups is 1. The second-order valence-corrected chi connectivity index (χ2v) is 7.44. The van der Waals surface area contributed by atoms with Gasteiger partial charge in [-0.15, -0.1) is 0 Å². The van der Waals surface area contributed by atoms with Crippen LogP contribution < -0.4 is 5.32 Å². The normalized spacial score (nSPS) is 16.3. The van der Waals surface area contributed by atoms with Gasteiger partial charge in [0.25, 0.3) is 0 Å². The van der Waals surface area contributed by atoms with E-state index in [2.05, 4.69) is 5.32 Å². The van der Waals surface area contributed by atoms with Crippen molar-refractivity contribution in [2.24, 2.45) is 0 Å². The number of carbonyl (C=O) groups excluding carboxylic acids is 3. The Morgan fingerprint density at radius 1 is 1.19 bits per heavy atom. The number of nitrogens with zero attached hydrogens (tertiary/aromatic N) is 2. The first-order valence-electron chi connectivity index (χ1n) is 8.80. The molecule has 0 aromatic heterocycles. The first kappa shape index (κ1) is 20.4. The lowest BCUT2D eigenvalue weighted by Crippen LogP contribution is -2.58. The minimum Gasteiger partial charge on any atom is -0.479 e. The van der Waals surface area contributed by atoms with E-state index in [0.717, 1.165) is 10.5 Å². The third-order valence-corrected chi connectivity index (χ3v) is 4.54. The summed E-state index contributed by atoms with van der Waals surface area (Å²) in [5.74, 6) is -2.96. The van der Waals surface area contributed by atoms with Gasteiger partial charge >= 0.3 is 23.8 Å². The molecule has 1 fully saturated rings. The van der Waals surface area contributed by atoms with Gasteiger partial charge in [-0.1, -0.05) is 45.0 Å². The van der Waals surface area contributed by atoms with Gasteiger partial charge in [-0.25, -0.2) is 9.59 Å². The second-order valence-electron chi connectivity index (χ2n) is 7.44. The predicted molar refractivity (Wildman–Crippen MR) is 98.0 cm³/mol. The van der Waals surface area contributed by atoms with Crippen LogP contribution in [-0.2, 0) is 19.8 Å². The highest BCUT2D eigenvalue weighted by molar-refractivity contribution is 6.38. The molecule has 2 rings (SSSR count). The van der Waals surface area contributed by atoms with Crippen molar-refractivity contribution < 1.29 is 24.3 Å². The van der Waals surface area contributed by atoms with Crippen LogP contribution in [0.1, 0.15) is 44.9 Å². The van der Waals surface area contributed by atoms with Crippen LogP contribution in [0.25, 0.3) is 0 Å². The summed E-state index contributed by atoms with van der Waals surface area (Å²) in [4.78, 5) is 50.4. The predicted octanol–water partition coefficient (Wildman–Crippen LogP) is 1.51. The molecule has 1 aromatic carbocycles. The summed E-state index contributed by atoms with van der Waals surface area (Å²) in [5.41, 5.74) is 1.12. The van der Waals surface area contributed by atoms with E-state index in [1.807, 2.05) is 26.8 Å². The van der Waals surface area contributed by atoms with Crippen LogP contribution in [0.2, 0.25) is 0 Å². The Balaban J connectivity index is 2.22. The van der Waals surface area contributed by atoms with E-state index >= 15 is 0 Å². The van der Waals surface area contributed by atoms with E-state index in [1.54, 1.807) is 25.1 Å². The number of hydrogen-bond donors (Lipinski definition) is 2. The average molecular weight is 375 g/mol. The highest BCUT2D eigenvalue weighted by atomic mass is 16.4. The van der Waals surface area contributed by atoms with Gasteiger partial charge in [-0.05, 0) is 23.5 Å². The lowest BCUT2D eigenvalue weighted by molar-refractivity contribution is -0.153. The average Bonchev–Trinajstić information content (AvgIpc) is 2.60. The molecule has 1 aliphatic heterocycles.